The molecule has 17 heavy (non-hydrogen) atoms. The lowest BCUT2D eigenvalue weighted by molar-refractivity contribution is -0.137. The Bertz CT molecular complexity index is 266. The third kappa shape index (κ3) is 4.36. The maximum Gasteiger partial charge on any atom is 0.240 e. The largest absolute Gasteiger partial charge is 0.368 e. The number of primary amides is 1. The van der Waals surface area contributed by atoms with Crippen LogP contribution in [0, 0.1) is 0 Å². The van der Waals surface area contributed by atoms with Crippen molar-refractivity contribution in [3.8, 4) is 0 Å². The van der Waals surface area contributed by atoms with Gasteiger partial charge in [0.05, 0.1) is 0 Å². The summed E-state index contributed by atoms with van der Waals surface area (Å²) in [6.45, 7) is 2.87. The van der Waals surface area contributed by atoms with Crippen LogP contribution < -0.4 is 5.73 Å². The number of carbonyl (C=O) groups excluding carboxylic acids is 2. The molecule has 2 amide bonds. The van der Waals surface area contributed by atoms with Gasteiger partial charge < -0.3 is 10.6 Å². The van der Waals surface area contributed by atoms with E-state index in [-0.39, 0.29) is 17.9 Å². The highest BCUT2D eigenvalue weighted by molar-refractivity contribution is 5.87. The van der Waals surface area contributed by atoms with Gasteiger partial charge in [-0.15, -0.1) is 0 Å². The van der Waals surface area contributed by atoms with Crippen LogP contribution in [0.2, 0.25) is 0 Å². The van der Waals surface area contributed by atoms with Crippen LogP contribution in [-0.4, -0.2) is 29.3 Å². The van der Waals surface area contributed by atoms with Crippen molar-refractivity contribution >= 4 is 11.8 Å². The molecule has 1 rings (SSSR count). The molecule has 98 valence electrons. The van der Waals surface area contributed by atoms with Crippen molar-refractivity contribution < 1.29 is 9.59 Å². The van der Waals surface area contributed by atoms with Crippen LogP contribution in [-0.2, 0) is 9.59 Å². The minimum Gasteiger partial charge on any atom is -0.368 e. The summed E-state index contributed by atoms with van der Waals surface area (Å²) in [6.07, 6.45) is 7.88. The zero-order valence-corrected chi connectivity index (χ0v) is 10.8. The Morgan fingerprint density at radius 1 is 1.24 bits per heavy atom. The molecule has 0 radical (unpaired) electrons. The monoisotopic (exact) mass is 240 g/mol. The Morgan fingerprint density at radius 3 is 2.59 bits per heavy atom. The van der Waals surface area contributed by atoms with E-state index in [1.165, 1.54) is 19.3 Å². The topological polar surface area (TPSA) is 63.4 Å². The number of unbranched alkanes of at least 4 members (excludes halogenated alkanes) is 4. The van der Waals surface area contributed by atoms with E-state index in [1.807, 2.05) is 0 Å². The molecule has 0 aromatic carbocycles. The number of rotatable bonds is 7. The Kier molecular flexibility index (Phi) is 6.01. The Morgan fingerprint density at radius 2 is 1.94 bits per heavy atom. The third-order valence-corrected chi connectivity index (χ3v) is 3.40. The van der Waals surface area contributed by atoms with Crippen LogP contribution in [0.25, 0.3) is 0 Å². The van der Waals surface area contributed by atoms with Gasteiger partial charge in [-0.25, -0.2) is 0 Å². The summed E-state index contributed by atoms with van der Waals surface area (Å²) in [5, 5.41) is 0. The van der Waals surface area contributed by atoms with Gasteiger partial charge in [-0.3, -0.25) is 9.59 Å². The number of likely N-dealkylation sites (tertiary alicyclic amines) is 1. The van der Waals surface area contributed by atoms with Gasteiger partial charge in [-0.1, -0.05) is 32.6 Å². The zero-order valence-electron chi connectivity index (χ0n) is 10.8. The minimum absolute atomic E-state index is 0.0998. The van der Waals surface area contributed by atoms with Gasteiger partial charge >= 0.3 is 0 Å². The summed E-state index contributed by atoms with van der Waals surface area (Å²) in [7, 11) is 0. The molecule has 4 heteroatoms. The molecule has 1 fully saturated rings. The number of nitrogens with zero attached hydrogens (tertiary/aromatic N) is 1. The molecule has 0 aromatic heterocycles. The SMILES string of the molecule is CCCCCCCC(=O)N1CCC[C@@H]1C(N)=O. The first-order chi connectivity index (χ1) is 8.16. The van der Waals surface area contributed by atoms with Crippen molar-refractivity contribution in [1.29, 1.82) is 0 Å². The Hall–Kier alpha value is -1.06. The second-order valence-electron chi connectivity index (χ2n) is 4.81. The van der Waals surface area contributed by atoms with E-state index in [9.17, 15) is 9.59 Å². The van der Waals surface area contributed by atoms with E-state index >= 15 is 0 Å². The van der Waals surface area contributed by atoms with Gasteiger partial charge in [-0.05, 0) is 19.3 Å². The molecule has 4 nitrogen and oxygen atoms in total. The summed E-state index contributed by atoms with van der Waals surface area (Å²) in [5.74, 6) is -0.260. The van der Waals surface area contributed by atoms with Gasteiger partial charge in [0.1, 0.15) is 6.04 Å². The molecule has 1 aliphatic rings. The van der Waals surface area contributed by atoms with Crippen LogP contribution in [0.4, 0.5) is 0 Å². The van der Waals surface area contributed by atoms with Gasteiger partial charge in [0, 0.05) is 13.0 Å². The van der Waals surface area contributed by atoms with E-state index in [0.717, 1.165) is 25.7 Å². The summed E-state index contributed by atoms with van der Waals surface area (Å²) in [4.78, 5) is 24.7. The van der Waals surface area contributed by atoms with E-state index in [4.69, 9.17) is 5.73 Å². The van der Waals surface area contributed by atoms with Crippen molar-refractivity contribution in [2.75, 3.05) is 6.54 Å². The third-order valence-electron chi connectivity index (χ3n) is 3.40. The van der Waals surface area contributed by atoms with Crippen molar-refractivity contribution in [3.05, 3.63) is 0 Å². The predicted molar refractivity (Wildman–Crippen MR) is 67.3 cm³/mol. The zero-order chi connectivity index (χ0) is 12.7. The van der Waals surface area contributed by atoms with Crippen molar-refractivity contribution in [3.63, 3.8) is 0 Å². The lowest BCUT2D eigenvalue weighted by Gasteiger charge is -2.22. The fraction of sp³-hybridized carbons (Fsp3) is 0.846. The smallest absolute Gasteiger partial charge is 0.240 e. The first-order valence-corrected chi connectivity index (χ1v) is 6.75. The Labute approximate surface area is 104 Å². The molecule has 0 aliphatic carbocycles. The maximum atomic E-state index is 11.9. The first-order valence-electron chi connectivity index (χ1n) is 6.75. The van der Waals surface area contributed by atoms with Crippen LogP contribution >= 0.6 is 0 Å². The van der Waals surface area contributed by atoms with Gasteiger partial charge in [0.2, 0.25) is 11.8 Å². The Balaban J connectivity index is 2.25. The highest BCUT2D eigenvalue weighted by Gasteiger charge is 2.31. The lowest BCUT2D eigenvalue weighted by atomic mass is 10.1. The van der Waals surface area contributed by atoms with E-state index in [1.54, 1.807) is 4.90 Å². The van der Waals surface area contributed by atoms with Crippen LogP contribution in [0.3, 0.4) is 0 Å². The predicted octanol–water partition coefficient (Wildman–Crippen LogP) is 1.82. The molecular formula is C13H24N2O2. The summed E-state index contributed by atoms with van der Waals surface area (Å²) in [6, 6.07) is -0.349. The van der Waals surface area contributed by atoms with Crippen LogP contribution in [0.5, 0.6) is 0 Å². The van der Waals surface area contributed by atoms with Gasteiger partial charge in [0.25, 0.3) is 0 Å². The summed E-state index contributed by atoms with van der Waals surface area (Å²) >= 11 is 0. The van der Waals surface area contributed by atoms with Crippen molar-refractivity contribution in [2.24, 2.45) is 5.73 Å². The number of nitrogens with two attached hydrogens (primary N) is 1. The standard InChI is InChI=1S/C13H24N2O2/c1-2-3-4-5-6-9-12(16)15-10-7-8-11(15)13(14)17/h11H,2-10H2,1H3,(H2,14,17)/t11-/m1/s1. The van der Waals surface area contributed by atoms with Crippen LogP contribution in [0.1, 0.15) is 58.3 Å². The quantitative estimate of drug-likeness (QED) is 0.690. The molecule has 0 unspecified atom stereocenters. The first kappa shape index (κ1) is 14.0. The molecule has 2 N–H and O–H groups in total. The molecule has 1 saturated heterocycles. The van der Waals surface area contributed by atoms with Gasteiger partial charge in [0.15, 0.2) is 0 Å². The molecule has 1 aliphatic heterocycles. The molecule has 0 aromatic rings. The molecule has 0 saturated carbocycles. The van der Waals surface area contributed by atoms with Crippen molar-refractivity contribution in [2.45, 2.75) is 64.3 Å². The number of hydrogen-bond donors (Lipinski definition) is 1. The number of hydrogen-bond acceptors (Lipinski definition) is 2. The van der Waals surface area contributed by atoms with Crippen molar-refractivity contribution in [1.82, 2.24) is 4.90 Å². The highest BCUT2D eigenvalue weighted by atomic mass is 16.2. The molecule has 0 spiro atoms. The molecule has 0 bridgehead atoms. The average Bonchev–Trinajstić information content (AvgIpc) is 2.77. The summed E-state index contributed by atoms with van der Waals surface area (Å²) in [5.41, 5.74) is 5.29. The van der Waals surface area contributed by atoms with E-state index < -0.39 is 0 Å². The van der Waals surface area contributed by atoms with E-state index in [0.29, 0.717) is 13.0 Å². The maximum absolute atomic E-state index is 11.9. The second kappa shape index (κ2) is 7.30. The normalized spacial score (nSPS) is 19.6. The lowest BCUT2D eigenvalue weighted by Crippen LogP contribution is -2.43. The fourth-order valence-corrected chi connectivity index (χ4v) is 2.38. The van der Waals surface area contributed by atoms with Gasteiger partial charge in [-0.2, -0.15) is 0 Å². The number of carbonyl (C=O) groups is 2. The fourth-order valence-electron chi connectivity index (χ4n) is 2.38. The molecule has 1 atom stereocenters. The summed E-state index contributed by atoms with van der Waals surface area (Å²) < 4.78 is 0. The van der Waals surface area contributed by atoms with Crippen LogP contribution in [0.15, 0.2) is 0 Å². The minimum atomic E-state index is -0.359. The number of amides is 2. The highest BCUT2D eigenvalue weighted by Crippen LogP contribution is 2.19. The molecule has 1 heterocycles. The molecular weight excluding hydrogens is 216 g/mol. The average molecular weight is 240 g/mol. The van der Waals surface area contributed by atoms with E-state index in [2.05, 4.69) is 6.92 Å². The second-order valence-corrected chi connectivity index (χ2v) is 4.81.